The predicted octanol–water partition coefficient (Wildman–Crippen LogP) is 1.89. The highest BCUT2D eigenvalue weighted by molar-refractivity contribution is 5.41. The zero-order valence-electron chi connectivity index (χ0n) is 12.1. The van der Waals surface area contributed by atoms with E-state index >= 15 is 0 Å². The summed E-state index contributed by atoms with van der Waals surface area (Å²) >= 11 is 0. The lowest BCUT2D eigenvalue weighted by molar-refractivity contribution is 0.152. The largest absolute Gasteiger partial charge is 0.395 e. The highest BCUT2D eigenvalue weighted by Crippen LogP contribution is 2.20. The number of hydrogen-bond donors (Lipinski definition) is 1. The Morgan fingerprint density at radius 3 is 3.05 bits per heavy atom. The third kappa shape index (κ3) is 4.35. The first-order valence-corrected chi connectivity index (χ1v) is 7.22. The molecule has 20 heavy (non-hydrogen) atoms. The van der Waals surface area contributed by atoms with Crippen molar-refractivity contribution >= 4 is 0 Å². The zero-order chi connectivity index (χ0) is 14.2. The van der Waals surface area contributed by atoms with Gasteiger partial charge in [-0.05, 0) is 30.5 Å². The molecule has 1 fully saturated rings. The first kappa shape index (κ1) is 15.1. The molecule has 1 heterocycles. The van der Waals surface area contributed by atoms with E-state index in [1.54, 1.807) is 7.11 Å². The van der Waals surface area contributed by atoms with Crippen molar-refractivity contribution in [1.82, 2.24) is 4.90 Å². The molecule has 0 bridgehead atoms. The van der Waals surface area contributed by atoms with E-state index in [9.17, 15) is 0 Å². The summed E-state index contributed by atoms with van der Waals surface area (Å²) in [5, 5.41) is 8.80. The Hall–Kier alpha value is -1.34. The molecule has 108 valence electrons. The van der Waals surface area contributed by atoms with Gasteiger partial charge in [0.25, 0.3) is 0 Å². The van der Waals surface area contributed by atoms with E-state index in [4.69, 9.17) is 9.84 Å². The van der Waals surface area contributed by atoms with Crippen molar-refractivity contribution in [2.75, 3.05) is 33.4 Å². The van der Waals surface area contributed by atoms with Gasteiger partial charge in [-0.1, -0.05) is 30.0 Å². The maximum atomic E-state index is 8.80. The quantitative estimate of drug-likeness (QED) is 0.832. The molecule has 3 nitrogen and oxygen atoms in total. The van der Waals surface area contributed by atoms with Crippen LogP contribution in [0.15, 0.2) is 24.3 Å². The Labute approximate surface area is 121 Å². The smallest absolute Gasteiger partial charge is 0.0540 e. The summed E-state index contributed by atoms with van der Waals surface area (Å²) < 4.78 is 5.24. The average Bonchev–Trinajstić information content (AvgIpc) is 2.89. The monoisotopic (exact) mass is 273 g/mol. The van der Waals surface area contributed by atoms with Crippen molar-refractivity contribution in [1.29, 1.82) is 0 Å². The summed E-state index contributed by atoms with van der Waals surface area (Å²) in [6, 6.07) is 8.29. The van der Waals surface area contributed by atoms with E-state index in [0.717, 1.165) is 31.8 Å². The third-order valence-corrected chi connectivity index (χ3v) is 3.64. The first-order valence-electron chi connectivity index (χ1n) is 7.22. The lowest BCUT2D eigenvalue weighted by Gasteiger charge is -2.17. The van der Waals surface area contributed by atoms with Gasteiger partial charge in [0.1, 0.15) is 0 Å². The molecule has 1 unspecified atom stereocenters. The number of methoxy groups -OCH3 is 1. The predicted molar refractivity (Wildman–Crippen MR) is 80.3 cm³/mol. The van der Waals surface area contributed by atoms with Gasteiger partial charge < -0.3 is 9.84 Å². The summed E-state index contributed by atoms with van der Waals surface area (Å²) in [6.07, 6.45) is 1.75. The van der Waals surface area contributed by atoms with E-state index in [-0.39, 0.29) is 6.61 Å². The summed E-state index contributed by atoms with van der Waals surface area (Å²) in [5.41, 5.74) is 2.35. The molecule has 1 aliphatic rings. The molecule has 1 aromatic rings. The lowest BCUT2D eigenvalue weighted by atomic mass is 10.1. The Morgan fingerprint density at radius 2 is 2.25 bits per heavy atom. The van der Waals surface area contributed by atoms with E-state index in [1.807, 2.05) is 6.07 Å². The van der Waals surface area contributed by atoms with E-state index in [2.05, 4.69) is 34.9 Å². The van der Waals surface area contributed by atoms with Crippen LogP contribution in [-0.2, 0) is 11.3 Å². The molecule has 1 aliphatic heterocycles. The maximum absolute atomic E-state index is 8.80. The van der Waals surface area contributed by atoms with E-state index < -0.39 is 0 Å². The van der Waals surface area contributed by atoms with Crippen LogP contribution in [0, 0.1) is 17.8 Å². The molecule has 0 saturated carbocycles. The van der Waals surface area contributed by atoms with Crippen LogP contribution in [-0.4, -0.2) is 43.4 Å². The fourth-order valence-corrected chi connectivity index (χ4v) is 2.66. The van der Waals surface area contributed by atoms with Crippen LogP contribution in [0.2, 0.25) is 0 Å². The highest BCUT2D eigenvalue weighted by atomic mass is 16.5. The fourth-order valence-electron chi connectivity index (χ4n) is 2.66. The van der Waals surface area contributed by atoms with Gasteiger partial charge in [0.05, 0.1) is 13.2 Å². The van der Waals surface area contributed by atoms with Gasteiger partial charge in [0.15, 0.2) is 0 Å². The van der Waals surface area contributed by atoms with Crippen molar-refractivity contribution in [3.8, 4) is 11.8 Å². The van der Waals surface area contributed by atoms with Crippen LogP contribution in [0.25, 0.3) is 0 Å². The van der Waals surface area contributed by atoms with E-state index in [1.165, 1.54) is 12.0 Å². The number of rotatable bonds is 5. The third-order valence-electron chi connectivity index (χ3n) is 3.64. The number of benzene rings is 1. The molecule has 0 radical (unpaired) electrons. The topological polar surface area (TPSA) is 32.7 Å². The second-order valence-corrected chi connectivity index (χ2v) is 5.28. The van der Waals surface area contributed by atoms with Gasteiger partial charge in [0, 0.05) is 32.2 Å². The average molecular weight is 273 g/mol. The number of hydrogen-bond acceptors (Lipinski definition) is 3. The minimum atomic E-state index is 0.125. The number of ether oxygens (including phenoxy) is 1. The summed E-state index contributed by atoms with van der Waals surface area (Å²) in [7, 11) is 1.77. The van der Waals surface area contributed by atoms with Gasteiger partial charge in [-0.15, -0.1) is 0 Å². The zero-order valence-corrected chi connectivity index (χ0v) is 12.1. The molecule has 2 rings (SSSR count). The molecule has 1 N–H and O–H groups in total. The van der Waals surface area contributed by atoms with Crippen LogP contribution >= 0.6 is 0 Å². The SMILES string of the molecule is COCC1CCN(Cc2ccccc2C#CCCO)C1. The molecular weight excluding hydrogens is 250 g/mol. The summed E-state index contributed by atoms with van der Waals surface area (Å²) in [5.74, 6) is 6.83. The van der Waals surface area contributed by atoms with Crippen LogP contribution in [0.4, 0.5) is 0 Å². The van der Waals surface area contributed by atoms with Crippen LogP contribution in [0.5, 0.6) is 0 Å². The molecule has 1 atom stereocenters. The van der Waals surface area contributed by atoms with E-state index in [0.29, 0.717) is 12.3 Å². The summed E-state index contributed by atoms with van der Waals surface area (Å²) in [4.78, 5) is 2.47. The van der Waals surface area contributed by atoms with Gasteiger partial charge in [-0.2, -0.15) is 0 Å². The fraction of sp³-hybridized carbons (Fsp3) is 0.529. The van der Waals surface area contributed by atoms with Crippen molar-refractivity contribution in [3.05, 3.63) is 35.4 Å². The molecule has 1 aromatic carbocycles. The number of nitrogens with zero attached hydrogens (tertiary/aromatic N) is 1. The number of aliphatic hydroxyl groups excluding tert-OH is 1. The Bertz CT molecular complexity index is 475. The standard InChI is InChI=1S/C17H23NO2/c1-20-14-15-9-10-18(12-15)13-17-8-3-2-6-16(17)7-4-5-11-19/h2-3,6,8,15,19H,5,9-14H2,1H3. The Morgan fingerprint density at radius 1 is 1.40 bits per heavy atom. The normalized spacial score (nSPS) is 18.8. The minimum Gasteiger partial charge on any atom is -0.395 e. The van der Waals surface area contributed by atoms with Gasteiger partial charge in [0.2, 0.25) is 0 Å². The van der Waals surface area contributed by atoms with Crippen LogP contribution in [0.1, 0.15) is 24.0 Å². The van der Waals surface area contributed by atoms with Crippen molar-refractivity contribution in [3.63, 3.8) is 0 Å². The lowest BCUT2D eigenvalue weighted by Crippen LogP contribution is -2.21. The molecule has 1 saturated heterocycles. The van der Waals surface area contributed by atoms with Crippen molar-refractivity contribution < 1.29 is 9.84 Å². The Kier molecular flexibility index (Phi) is 6.07. The second-order valence-electron chi connectivity index (χ2n) is 5.28. The van der Waals surface area contributed by atoms with Crippen molar-refractivity contribution in [2.45, 2.75) is 19.4 Å². The molecule has 0 aromatic heterocycles. The van der Waals surface area contributed by atoms with Gasteiger partial charge >= 0.3 is 0 Å². The molecule has 0 aliphatic carbocycles. The first-order chi connectivity index (χ1) is 9.83. The Balaban J connectivity index is 1.98. The van der Waals surface area contributed by atoms with Gasteiger partial charge in [-0.25, -0.2) is 0 Å². The number of likely N-dealkylation sites (tertiary alicyclic amines) is 1. The van der Waals surface area contributed by atoms with Crippen LogP contribution < -0.4 is 0 Å². The molecular formula is C17H23NO2. The molecule has 0 amide bonds. The molecule has 3 heteroatoms. The summed E-state index contributed by atoms with van der Waals surface area (Å²) in [6.45, 7) is 4.16. The highest BCUT2D eigenvalue weighted by Gasteiger charge is 2.22. The second kappa shape index (κ2) is 8.06. The maximum Gasteiger partial charge on any atom is 0.0540 e. The number of aliphatic hydroxyl groups is 1. The minimum absolute atomic E-state index is 0.125. The van der Waals surface area contributed by atoms with Crippen LogP contribution in [0.3, 0.4) is 0 Å². The molecule has 0 spiro atoms. The van der Waals surface area contributed by atoms with Gasteiger partial charge in [-0.3, -0.25) is 4.90 Å². The van der Waals surface area contributed by atoms with Crippen molar-refractivity contribution in [2.24, 2.45) is 5.92 Å².